The molecular formula is C12H8FNO. The van der Waals surface area contributed by atoms with Crippen LogP contribution in [0.1, 0.15) is 10.4 Å². The monoisotopic (exact) mass is 201 g/mol. The van der Waals surface area contributed by atoms with E-state index in [-0.39, 0.29) is 5.82 Å². The second kappa shape index (κ2) is 4.00. The van der Waals surface area contributed by atoms with Crippen molar-refractivity contribution in [2.45, 2.75) is 0 Å². The van der Waals surface area contributed by atoms with E-state index in [0.29, 0.717) is 17.4 Å². The summed E-state index contributed by atoms with van der Waals surface area (Å²) < 4.78 is 13.0. The summed E-state index contributed by atoms with van der Waals surface area (Å²) in [7, 11) is 0. The molecule has 0 unspecified atom stereocenters. The summed E-state index contributed by atoms with van der Waals surface area (Å²) in [4.78, 5) is 14.7. The molecule has 0 radical (unpaired) electrons. The maximum absolute atomic E-state index is 13.0. The van der Waals surface area contributed by atoms with Gasteiger partial charge >= 0.3 is 0 Å². The summed E-state index contributed by atoms with van der Waals surface area (Å²) in [6, 6.07) is 7.60. The third kappa shape index (κ3) is 1.91. The van der Waals surface area contributed by atoms with E-state index >= 15 is 0 Å². The van der Waals surface area contributed by atoms with Gasteiger partial charge in [-0.15, -0.1) is 0 Å². The van der Waals surface area contributed by atoms with Gasteiger partial charge in [-0.05, 0) is 29.8 Å². The third-order valence-corrected chi connectivity index (χ3v) is 2.11. The van der Waals surface area contributed by atoms with Gasteiger partial charge in [-0.3, -0.25) is 9.78 Å². The Balaban J connectivity index is 2.61. The molecule has 2 nitrogen and oxygen atoms in total. The van der Waals surface area contributed by atoms with E-state index in [1.165, 1.54) is 18.2 Å². The van der Waals surface area contributed by atoms with Gasteiger partial charge in [-0.25, -0.2) is 4.39 Å². The van der Waals surface area contributed by atoms with Crippen molar-refractivity contribution in [2.24, 2.45) is 0 Å². The molecular weight excluding hydrogens is 193 g/mol. The summed E-state index contributed by atoms with van der Waals surface area (Å²) in [6.45, 7) is 0. The molecule has 0 bridgehead atoms. The Hall–Kier alpha value is -2.03. The lowest BCUT2D eigenvalue weighted by Crippen LogP contribution is -1.89. The largest absolute Gasteiger partial charge is 0.298 e. The first-order chi connectivity index (χ1) is 7.31. The lowest BCUT2D eigenvalue weighted by atomic mass is 10.0. The number of aromatic nitrogens is 1. The fourth-order valence-corrected chi connectivity index (χ4v) is 1.40. The summed E-state index contributed by atoms with van der Waals surface area (Å²) in [5, 5.41) is 0. The van der Waals surface area contributed by atoms with Crippen molar-refractivity contribution < 1.29 is 9.18 Å². The molecule has 0 atom stereocenters. The predicted octanol–water partition coefficient (Wildman–Crippen LogP) is 2.70. The van der Waals surface area contributed by atoms with E-state index in [4.69, 9.17) is 0 Å². The topological polar surface area (TPSA) is 30.0 Å². The van der Waals surface area contributed by atoms with Crippen LogP contribution in [0, 0.1) is 5.82 Å². The minimum Gasteiger partial charge on any atom is -0.298 e. The maximum atomic E-state index is 13.0. The van der Waals surface area contributed by atoms with Gasteiger partial charge in [0.15, 0.2) is 6.29 Å². The number of hydrogen-bond donors (Lipinski definition) is 0. The molecule has 74 valence electrons. The molecule has 15 heavy (non-hydrogen) atoms. The number of halogens is 1. The van der Waals surface area contributed by atoms with E-state index in [1.54, 1.807) is 24.5 Å². The molecule has 2 rings (SSSR count). The van der Waals surface area contributed by atoms with Crippen LogP contribution >= 0.6 is 0 Å². The Kier molecular flexibility index (Phi) is 2.54. The molecule has 1 aromatic heterocycles. The lowest BCUT2D eigenvalue weighted by Gasteiger charge is -2.03. The van der Waals surface area contributed by atoms with Crippen LogP contribution in [0.2, 0.25) is 0 Å². The maximum Gasteiger partial charge on any atom is 0.150 e. The first-order valence-electron chi connectivity index (χ1n) is 4.46. The van der Waals surface area contributed by atoms with Gasteiger partial charge in [-0.1, -0.05) is 6.07 Å². The second-order valence-corrected chi connectivity index (χ2v) is 3.09. The molecule has 3 heteroatoms. The minimum absolute atomic E-state index is 0.362. The zero-order chi connectivity index (χ0) is 10.7. The molecule has 1 heterocycles. The van der Waals surface area contributed by atoms with Crippen LogP contribution in [0.15, 0.2) is 42.7 Å². The molecule has 0 N–H and O–H groups in total. The zero-order valence-corrected chi connectivity index (χ0v) is 7.85. The molecule has 0 aliphatic rings. The van der Waals surface area contributed by atoms with Crippen LogP contribution in [-0.4, -0.2) is 11.3 Å². The van der Waals surface area contributed by atoms with Gasteiger partial charge in [0.1, 0.15) is 5.82 Å². The van der Waals surface area contributed by atoms with Crippen molar-refractivity contribution in [1.82, 2.24) is 4.98 Å². The molecule has 0 fully saturated rings. The van der Waals surface area contributed by atoms with E-state index in [9.17, 15) is 9.18 Å². The Bertz CT molecular complexity index is 482. The number of rotatable bonds is 2. The van der Waals surface area contributed by atoms with Gasteiger partial charge in [0.2, 0.25) is 0 Å². The van der Waals surface area contributed by atoms with Crippen molar-refractivity contribution in [3.8, 4) is 11.1 Å². The predicted molar refractivity (Wildman–Crippen MR) is 55.0 cm³/mol. The molecule has 0 saturated carbocycles. The molecule has 0 saturated heterocycles. The molecule has 1 aromatic carbocycles. The second-order valence-electron chi connectivity index (χ2n) is 3.09. The molecule has 0 aliphatic heterocycles. The highest BCUT2D eigenvalue weighted by Gasteiger charge is 2.05. The smallest absolute Gasteiger partial charge is 0.150 e. The number of carbonyl (C=O) groups is 1. The zero-order valence-electron chi connectivity index (χ0n) is 7.85. The summed E-state index contributed by atoms with van der Waals surface area (Å²) in [6.07, 6.45) is 3.94. The molecule has 0 aliphatic carbocycles. The Morgan fingerprint density at radius 2 is 2.13 bits per heavy atom. The summed E-state index contributed by atoms with van der Waals surface area (Å²) in [5.41, 5.74) is 1.77. The van der Waals surface area contributed by atoms with Crippen molar-refractivity contribution in [1.29, 1.82) is 0 Å². The SMILES string of the molecule is O=Cc1ccc(F)cc1-c1cccnc1. The normalized spacial score (nSPS) is 9.93. The number of hydrogen-bond acceptors (Lipinski definition) is 2. The van der Waals surface area contributed by atoms with E-state index in [2.05, 4.69) is 4.98 Å². The van der Waals surface area contributed by atoms with Crippen LogP contribution in [0.4, 0.5) is 4.39 Å². The van der Waals surface area contributed by atoms with Crippen LogP contribution in [-0.2, 0) is 0 Å². The lowest BCUT2D eigenvalue weighted by molar-refractivity contribution is 0.112. The molecule has 0 amide bonds. The van der Waals surface area contributed by atoms with Crippen molar-refractivity contribution in [2.75, 3.05) is 0 Å². The number of carbonyl (C=O) groups excluding carboxylic acids is 1. The van der Waals surface area contributed by atoms with Crippen molar-refractivity contribution in [3.05, 3.63) is 54.1 Å². The van der Waals surface area contributed by atoms with Crippen molar-refractivity contribution >= 4 is 6.29 Å². The summed E-state index contributed by atoms with van der Waals surface area (Å²) >= 11 is 0. The quantitative estimate of drug-likeness (QED) is 0.699. The average molecular weight is 201 g/mol. The van der Waals surface area contributed by atoms with E-state index in [0.717, 1.165) is 5.56 Å². The van der Waals surface area contributed by atoms with Crippen LogP contribution in [0.3, 0.4) is 0 Å². The number of benzene rings is 1. The minimum atomic E-state index is -0.362. The number of nitrogens with zero attached hydrogens (tertiary/aromatic N) is 1. The van der Waals surface area contributed by atoms with Crippen molar-refractivity contribution in [3.63, 3.8) is 0 Å². The fourth-order valence-electron chi connectivity index (χ4n) is 1.40. The highest BCUT2D eigenvalue weighted by molar-refractivity contribution is 5.87. The highest BCUT2D eigenvalue weighted by atomic mass is 19.1. The van der Waals surface area contributed by atoms with Crippen LogP contribution < -0.4 is 0 Å². The van der Waals surface area contributed by atoms with Gasteiger partial charge in [0, 0.05) is 23.5 Å². The average Bonchev–Trinajstić information content (AvgIpc) is 2.30. The Labute approximate surface area is 86.4 Å². The van der Waals surface area contributed by atoms with Gasteiger partial charge < -0.3 is 0 Å². The first kappa shape index (κ1) is 9.52. The third-order valence-electron chi connectivity index (χ3n) is 2.11. The van der Waals surface area contributed by atoms with Gasteiger partial charge in [0.25, 0.3) is 0 Å². The van der Waals surface area contributed by atoms with Crippen LogP contribution in [0.25, 0.3) is 11.1 Å². The molecule has 0 spiro atoms. The number of aldehydes is 1. The first-order valence-corrected chi connectivity index (χ1v) is 4.46. The van der Waals surface area contributed by atoms with E-state index < -0.39 is 0 Å². The Morgan fingerprint density at radius 3 is 2.80 bits per heavy atom. The van der Waals surface area contributed by atoms with E-state index in [1.807, 2.05) is 0 Å². The highest BCUT2D eigenvalue weighted by Crippen LogP contribution is 2.22. The molecule has 2 aromatic rings. The van der Waals surface area contributed by atoms with Crippen LogP contribution in [0.5, 0.6) is 0 Å². The number of pyridine rings is 1. The standard InChI is InChI=1S/C12H8FNO/c13-11-4-3-10(8-15)12(6-11)9-2-1-5-14-7-9/h1-8H. The van der Waals surface area contributed by atoms with Gasteiger partial charge in [0.05, 0.1) is 0 Å². The summed E-state index contributed by atoms with van der Waals surface area (Å²) in [5.74, 6) is -0.362. The Morgan fingerprint density at radius 1 is 1.27 bits per heavy atom. The van der Waals surface area contributed by atoms with Gasteiger partial charge in [-0.2, -0.15) is 0 Å². The fraction of sp³-hybridized carbons (Fsp3) is 0.